The van der Waals surface area contributed by atoms with Gasteiger partial charge < -0.3 is 10.1 Å². The first kappa shape index (κ1) is 19.8. The van der Waals surface area contributed by atoms with Crippen LogP contribution in [-0.2, 0) is 10.0 Å². The summed E-state index contributed by atoms with van der Waals surface area (Å²) in [5.74, 6) is 0.465. The van der Waals surface area contributed by atoms with Gasteiger partial charge in [-0.15, -0.1) is 0 Å². The van der Waals surface area contributed by atoms with Crippen LogP contribution in [0, 0.1) is 13.8 Å². The molecule has 0 aliphatic heterocycles. The summed E-state index contributed by atoms with van der Waals surface area (Å²) < 4.78 is 30.9. The number of hydrogen-bond donors (Lipinski definition) is 2. The molecular formula is C19H24N2O4S. The molecule has 0 spiro atoms. The molecule has 1 atom stereocenters. The fraction of sp³-hybridized carbons (Fsp3) is 0.316. The molecule has 0 fully saturated rings. The number of anilines is 1. The molecule has 2 aromatic rings. The van der Waals surface area contributed by atoms with Crippen molar-refractivity contribution in [1.29, 1.82) is 0 Å². The lowest BCUT2D eigenvalue weighted by Gasteiger charge is -2.17. The average Bonchev–Trinajstić information content (AvgIpc) is 2.55. The van der Waals surface area contributed by atoms with Gasteiger partial charge in [0.25, 0.3) is 5.91 Å². The number of ether oxygens (including phenoxy) is 1. The molecule has 7 heteroatoms. The molecule has 0 unspecified atom stereocenters. The highest BCUT2D eigenvalue weighted by Crippen LogP contribution is 2.20. The van der Waals surface area contributed by atoms with Gasteiger partial charge in [0.2, 0.25) is 10.0 Å². The molecule has 0 aromatic heterocycles. The molecule has 2 N–H and O–H groups in total. The van der Waals surface area contributed by atoms with Crippen molar-refractivity contribution in [3.63, 3.8) is 0 Å². The highest BCUT2D eigenvalue weighted by Gasteiger charge is 2.15. The quantitative estimate of drug-likeness (QED) is 0.778. The first-order chi connectivity index (χ1) is 12.2. The second-order valence-corrected chi connectivity index (χ2v) is 8.10. The maximum absolute atomic E-state index is 12.5. The van der Waals surface area contributed by atoms with Crippen LogP contribution in [-0.4, -0.2) is 33.2 Å². The molecule has 6 nitrogen and oxygen atoms in total. The fourth-order valence-electron chi connectivity index (χ4n) is 2.39. The number of sulfonamides is 1. The third-order valence-electron chi connectivity index (χ3n) is 3.77. The Hall–Kier alpha value is -2.54. The first-order valence-electron chi connectivity index (χ1n) is 8.23. The molecule has 1 amide bonds. The van der Waals surface area contributed by atoms with E-state index in [2.05, 4.69) is 10.0 Å². The summed E-state index contributed by atoms with van der Waals surface area (Å²) >= 11 is 0. The molecule has 2 aromatic carbocycles. The Bertz CT molecular complexity index is 877. The largest absolute Gasteiger partial charge is 0.491 e. The number of rotatable bonds is 7. The standard InChI is InChI=1S/C19H24N2O4S/c1-13-8-10-16(11-9-13)25-12-14(2)20-19(22)17-6-5-7-18(15(17)3)21-26(4,23)24/h5-11,14,21H,12H2,1-4H3,(H,20,22)/t14-/m1/s1. The smallest absolute Gasteiger partial charge is 0.251 e. The maximum atomic E-state index is 12.5. The monoisotopic (exact) mass is 376 g/mol. The number of carbonyl (C=O) groups excluding carboxylic acids is 1. The van der Waals surface area contributed by atoms with Crippen molar-refractivity contribution in [2.24, 2.45) is 0 Å². The second kappa shape index (κ2) is 8.23. The summed E-state index contributed by atoms with van der Waals surface area (Å²) in [5.41, 5.74) is 2.53. The average molecular weight is 376 g/mol. The Morgan fingerprint density at radius 2 is 1.77 bits per heavy atom. The number of nitrogens with one attached hydrogen (secondary N) is 2. The number of hydrogen-bond acceptors (Lipinski definition) is 4. The third kappa shape index (κ3) is 5.77. The minimum atomic E-state index is -3.41. The van der Waals surface area contributed by atoms with Gasteiger partial charge in [0, 0.05) is 5.56 Å². The van der Waals surface area contributed by atoms with Gasteiger partial charge in [-0.2, -0.15) is 0 Å². The lowest BCUT2D eigenvalue weighted by molar-refractivity contribution is 0.0926. The van der Waals surface area contributed by atoms with Crippen molar-refractivity contribution in [3.05, 3.63) is 59.2 Å². The normalized spacial score (nSPS) is 12.3. The van der Waals surface area contributed by atoms with Crippen molar-refractivity contribution in [1.82, 2.24) is 5.32 Å². The van der Waals surface area contributed by atoms with Crippen LogP contribution < -0.4 is 14.8 Å². The molecule has 0 aliphatic carbocycles. The Kier molecular flexibility index (Phi) is 6.26. The molecule has 2 rings (SSSR count). The van der Waals surface area contributed by atoms with E-state index in [1.807, 2.05) is 38.1 Å². The van der Waals surface area contributed by atoms with Gasteiger partial charge in [-0.05, 0) is 50.6 Å². The number of amides is 1. The van der Waals surface area contributed by atoms with Crippen molar-refractivity contribution in [3.8, 4) is 5.75 Å². The van der Waals surface area contributed by atoms with E-state index in [1.54, 1.807) is 25.1 Å². The van der Waals surface area contributed by atoms with E-state index >= 15 is 0 Å². The van der Waals surface area contributed by atoms with Crippen LogP contribution >= 0.6 is 0 Å². The van der Waals surface area contributed by atoms with Crippen LogP contribution in [0.5, 0.6) is 5.75 Å². The SMILES string of the molecule is Cc1ccc(OC[C@@H](C)NC(=O)c2cccc(NS(C)(=O)=O)c2C)cc1. The van der Waals surface area contributed by atoms with Gasteiger partial charge >= 0.3 is 0 Å². The minimum absolute atomic E-state index is 0.213. The summed E-state index contributed by atoms with van der Waals surface area (Å²) in [6.07, 6.45) is 1.07. The van der Waals surface area contributed by atoms with Crippen molar-refractivity contribution in [2.45, 2.75) is 26.8 Å². The summed E-state index contributed by atoms with van der Waals surface area (Å²) in [7, 11) is -3.41. The van der Waals surface area contributed by atoms with Crippen LogP contribution in [0.2, 0.25) is 0 Å². The van der Waals surface area contributed by atoms with Crippen LogP contribution in [0.15, 0.2) is 42.5 Å². The molecule has 26 heavy (non-hydrogen) atoms. The second-order valence-electron chi connectivity index (χ2n) is 6.35. The molecule has 0 aliphatic rings. The highest BCUT2D eigenvalue weighted by molar-refractivity contribution is 7.92. The Morgan fingerprint density at radius 3 is 2.38 bits per heavy atom. The van der Waals surface area contributed by atoms with E-state index < -0.39 is 10.0 Å². The topological polar surface area (TPSA) is 84.5 Å². The lowest BCUT2D eigenvalue weighted by Crippen LogP contribution is -2.37. The van der Waals surface area contributed by atoms with Crippen LogP contribution in [0.3, 0.4) is 0 Å². The third-order valence-corrected chi connectivity index (χ3v) is 4.36. The van der Waals surface area contributed by atoms with Crippen molar-refractivity contribution in [2.75, 3.05) is 17.6 Å². The lowest BCUT2D eigenvalue weighted by atomic mass is 10.1. The van der Waals surface area contributed by atoms with Crippen molar-refractivity contribution >= 4 is 21.6 Å². The van der Waals surface area contributed by atoms with Gasteiger partial charge in [-0.1, -0.05) is 23.8 Å². The predicted octanol–water partition coefficient (Wildman–Crippen LogP) is 2.87. The highest BCUT2D eigenvalue weighted by atomic mass is 32.2. The summed E-state index contributed by atoms with van der Waals surface area (Å²) in [6.45, 7) is 5.88. The van der Waals surface area contributed by atoms with Crippen LogP contribution in [0.4, 0.5) is 5.69 Å². The molecule has 0 saturated carbocycles. The molecule has 140 valence electrons. The Balaban J connectivity index is 2.00. The van der Waals surface area contributed by atoms with Gasteiger partial charge in [-0.25, -0.2) is 8.42 Å². The molecule has 0 saturated heterocycles. The van der Waals surface area contributed by atoms with Crippen molar-refractivity contribution < 1.29 is 17.9 Å². The summed E-state index contributed by atoms with van der Waals surface area (Å²) in [6, 6.07) is 12.4. The van der Waals surface area contributed by atoms with E-state index in [4.69, 9.17) is 4.74 Å². The van der Waals surface area contributed by atoms with Gasteiger partial charge in [0.15, 0.2) is 0 Å². The van der Waals surface area contributed by atoms with Crippen LogP contribution in [0.1, 0.15) is 28.4 Å². The number of aryl methyl sites for hydroxylation is 1. The Morgan fingerprint density at radius 1 is 1.12 bits per heavy atom. The summed E-state index contributed by atoms with van der Waals surface area (Å²) in [5, 5.41) is 2.87. The minimum Gasteiger partial charge on any atom is -0.491 e. The maximum Gasteiger partial charge on any atom is 0.251 e. The molecule has 0 bridgehead atoms. The first-order valence-corrected chi connectivity index (χ1v) is 10.1. The number of benzene rings is 2. The predicted molar refractivity (Wildman–Crippen MR) is 103 cm³/mol. The zero-order valence-corrected chi connectivity index (χ0v) is 16.2. The van der Waals surface area contributed by atoms with Gasteiger partial charge in [0.1, 0.15) is 12.4 Å². The van der Waals surface area contributed by atoms with E-state index in [0.717, 1.165) is 17.6 Å². The zero-order valence-electron chi connectivity index (χ0n) is 15.4. The summed E-state index contributed by atoms with van der Waals surface area (Å²) in [4.78, 5) is 12.5. The van der Waals surface area contributed by atoms with Gasteiger partial charge in [0.05, 0.1) is 18.0 Å². The van der Waals surface area contributed by atoms with E-state index in [0.29, 0.717) is 23.4 Å². The number of carbonyl (C=O) groups is 1. The van der Waals surface area contributed by atoms with Crippen LogP contribution in [0.25, 0.3) is 0 Å². The van der Waals surface area contributed by atoms with E-state index in [-0.39, 0.29) is 11.9 Å². The van der Waals surface area contributed by atoms with E-state index in [9.17, 15) is 13.2 Å². The van der Waals surface area contributed by atoms with Gasteiger partial charge in [-0.3, -0.25) is 9.52 Å². The Labute approximate surface area is 154 Å². The van der Waals surface area contributed by atoms with E-state index in [1.165, 1.54) is 0 Å². The zero-order chi connectivity index (χ0) is 19.3. The molecule has 0 radical (unpaired) electrons. The molecule has 0 heterocycles. The fourth-order valence-corrected chi connectivity index (χ4v) is 3.01. The molecular weight excluding hydrogens is 352 g/mol.